The Kier molecular flexibility index (Phi) is 6.14. The lowest BCUT2D eigenvalue weighted by molar-refractivity contribution is 0.151. The maximum Gasteiger partial charge on any atom is 0.193 e. The fourth-order valence-electron chi connectivity index (χ4n) is 2.99. The summed E-state index contributed by atoms with van der Waals surface area (Å²) in [5, 5.41) is 3.55. The fraction of sp³-hybridized carbons (Fsp3) is 0.933. The summed E-state index contributed by atoms with van der Waals surface area (Å²) in [5.74, 6) is 1.08. The Balaban J connectivity index is 0.00000200. The second-order valence-corrected chi connectivity index (χ2v) is 7.13. The van der Waals surface area contributed by atoms with E-state index in [1.807, 2.05) is 7.05 Å². The van der Waals surface area contributed by atoms with Gasteiger partial charge in [-0.1, -0.05) is 6.42 Å². The van der Waals surface area contributed by atoms with Gasteiger partial charge >= 0.3 is 0 Å². The van der Waals surface area contributed by atoms with Crippen LogP contribution in [-0.2, 0) is 0 Å². The Morgan fingerprint density at radius 1 is 1.30 bits per heavy atom. The van der Waals surface area contributed by atoms with Crippen LogP contribution in [-0.4, -0.2) is 62.1 Å². The Morgan fingerprint density at radius 3 is 2.35 bits per heavy atom. The molecule has 0 bridgehead atoms. The minimum absolute atomic E-state index is 0. The van der Waals surface area contributed by atoms with Crippen molar-refractivity contribution >= 4 is 29.9 Å². The molecule has 0 aromatic rings. The molecule has 0 unspecified atom stereocenters. The number of likely N-dealkylation sites (N-methyl/N-ethyl adjacent to an activating group) is 1. The molecular formula is C15H31IN4. The van der Waals surface area contributed by atoms with Crippen molar-refractivity contribution in [3.05, 3.63) is 0 Å². The molecule has 2 rings (SSSR count). The first-order valence-corrected chi connectivity index (χ1v) is 7.52. The number of rotatable bonds is 3. The highest BCUT2D eigenvalue weighted by molar-refractivity contribution is 14.0. The number of likely N-dealkylation sites (tertiary alicyclic amines) is 1. The van der Waals surface area contributed by atoms with E-state index in [0.717, 1.165) is 12.5 Å². The molecule has 1 saturated carbocycles. The van der Waals surface area contributed by atoms with Crippen molar-refractivity contribution in [2.75, 3.05) is 40.8 Å². The van der Waals surface area contributed by atoms with E-state index in [9.17, 15) is 0 Å². The van der Waals surface area contributed by atoms with Crippen molar-refractivity contribution in [1.29, 1.82) is 0 Å². The van der Waals surface area contributed by atoms with E-state index in [1.165, 1.54) is 38.8 Å². The predicted octanol–water partition coefficient (Wildman–Crippen LogP) is 2.40. The Bertz CT molecular complexity index is 348. The van der Waals surface area contributed by atoms with Crippen LogP contribution in [0.1, 0.15) is 39.5 Å². The Hall–Kier alpha value is -0.0400. The third-order valence-electron chi connectivity index (χ3n) is 5.25. The van der Waals surface area contributed by atoms with Crippen LogP contribution in [0.3, 0.4) is 0 Å². The normalized spacial score (nSPS) is 21.9. The number of nitrogens with zero attached hydrogens (tertiary/aromatic N) is 3. The van der Waals surface area contributed by atoms with Crippen LogP contribution in [0.15, 0.2) is 4.99 Å². The summed E-state index contributed by atoms with van der Waals surface area (Å²) >= 11 is 0. The van der Waals surface area contributed by atoms with Crippen LogP contribution < -0.4 is 5.32 Å². The maximum atomic E-state index is 4.47. The molecule has 1 aliphatic carbocycles. The third-order valence-corrected chi connectivity index (χ3v) is 5.25. The van der Waals surface area contributed by atoms with E-state index in [2.05, 4.69) is 48.1 Å². The van der Waals surface area contributed by atoms with E-state index in [1.54, 1.807) is 0 Å². The molecule has 2 fully saturated rings. The van der Waals surface area contributed by atoms with E-state index in [0.29, 0.717) is 5.41 Å². The second kappa shape index (κ2) is 6.81. The topological polar surface area (TPSA) is 30.9 Å². The molecule has 118 valence electrons. The molecule has 2 aliphatic rings. The van der Waals surface area contributed by atoms with Crippen molar-refractivity contribution in [1.82, 2.24) is 15.1 Å². The zero-order chi connectivity index (χ0) is 14.1. The first-order valence-electron chi connectivity index (χ1n) is 7.52. The number of guanidine groups is 1. The zero-order valence-corrected chi connectivity index (χ0v) is 16.0. The minimum atomic E-state index is 0. The van der Waals surface area contributed by atoms with Gasteiger partial charge in [-0.3, -0.25) is 4.99 Å². The lowest BCUT2D eigenvalue weighted by Gasteiger charge is -2.38. The van der Waals surface area contributed by atoms with Crippen LogP contribution in [0.2, 0.25) is 0 Å². The smallest absolute Gasteiger partial charge is 0.193 e. The minimum Gasteiger partial charge on any atom is -0.354 e. The van der Waals surface area contributed by atoms with Crippen LogP contribution in [0.4, 0.5) is 0 Å². The number of nitrogens with one attached hydrogen (secondary N) is 1. The van der Waals surface area contributed by atoms with Crippen molar-refractivity contribution in [2.24, 2.45) is 10.4 Å². The molecule has 5 heteroatoms. The first-order chi connectivity index (χ1) is 8.88. The van der Waals surface area contributed by atoms with Gasteiger partial charge in [0.05, 0.1) is 0 Å². The molecule has 0 aromatic heterocycles. The third kappa shape index (κ3) is 3.78. The van der Waals surface area contributed by atoms with Crippen LogP contribution in [0.5, 0.6) is 0 Å². The van der Waals surface area contributed by atoms with E-state index in [4.69, 9.17) is 0 Å². The van der Waals surface area contributed by atoms with Gasteiger partial charge in [-0.25, -0.2) is 0 Å². The molecule has 1 spiro atoms. The summed E-state index contributed by atoms with van der Waals surface area (Å²) < 4.78 is 0. The van der Waals surface area contributed by atoms with Crippen LogP contribution in [0.25, 0.3) is 0 Å². The highest BCUT2D eigenvalue weighted by Crippen LogP contribution is 2.47. The summed E-state index contributed by atoms with van der Waals surface area (Å²) in [6.07, 6.45) is 5.62. The van der Waals surface area contributed by atoms with Gasteiger partial charge in [0, 0.05) is 32.2 Å². The van der Waals surface area contributed by atoms with E-state index >= 15 is 0 Å². The molecule has 1 N–H and O–H groups in total. The molecule has 1 aliphatic heterocycles. The standard InChI is InChI=1S/C15H30N4.HI/c1-14(2,18(4)5)11-17-13(16-3)19-10-9-15(12-19)7-6-8-15;/h6-12H2,1-5H3,(H,16,17);1H. The van der Waals surface area contributed by atoms with Gasteiger partial charge in [0.25, 0.3) is 0 Å². The lowest BCUT2D eigenvalue weighted by atomic mass is 9.68. The summed E-state index contributed by atoms with van der Waals surface area (Å²) in [5.41, 5.74) is 0.776. The van der Waals surface area contributed by atoms with Gasteiger partial charge < -0.3 is 15.1 Å². The van der Waals surface area contributed by atoms with Gasteiger partial charge in [-0.15, -0.1) is 24.0 Å². The molecule has 0 aromatic carbocycles. The highest BCUT2D eigenvalue weighted by atomic mass is 127. The average molecular weight is 394 g/mol. The number of hydrogen-bond donors (Lipinski definition) is 1. The van der Waals surface area contributed by atoms with Gasteiger partial charge in [-0.2, -0.15) is 0 Å². The number of aliphatic imine (C=N–C) groups is 1. The van der Waals surface area contributed by atoms with Crippen molar-refractivity contribution in [3.8, 4) is 0 Å². The predicted molar refractivity (Wildman–Crippen MR) is 97.0 cm³/mol. The zero-order valence-electron chi connectivity index (χ0n) is 13.7. The molecule has 1 heterocycles. The largest absolute Gasteiger partial charge is 0.354 e. The molecule has 4 nitrogen and oxygen atoms in total. The summed E-state index contributed by atoms with van der Waals surface area (Å²) in [6, 6.07) is 0. The molecule has 1 saturated heterocycles. The summed E-state index contributed by atoms with van der Waals surface area (Å²) in [6.45, 7) is 7.81. The number of hydrogen-bond acceptors (Lipinski definition) is 2. The Morgan fingerprint density at radius 2 is 1.95 bits per heavy atom. The molecular weight excluding hydrogens is 363 g/mol. The van der Waals surface area contributed by atoms with Crippen molar-refractivity contribution in [3.63, 3.8) is 0 Å². The molecule has 0 atom stereocenters. The SMILES string of the molecule is CN=C(NCC(C)(C)N(C)C)N1CCC2(CCC2)C1.I. The maximum absolute atomic E-state index is 4.47. The fourth-order valence-corrected chi connectivity index (χ4v) is 2.99. The van der Waals surface area contributed by atoms with Crippen molar-refractivity contribution in [2.45, 2.75) is 45.1 Å². The first kappa shape index (κ1) is 18.0. The average Bonchev–Trinajstić information content (AvgIpc) is 2.74. The summed E-state index contributed by atoms with van der Waals surface area (Å²) in [7, 11) is 6.16. The van der Waals surface area contributed by atoms with Gasteiger partial charge in [0.2, 0.25) is 0 Å². The Labute approximate surface area is 141 Å². The van der Waals surface area contributed by atoms with E-state index < -0.39 is 0 Å². The lowest BCUT2D eigenvalue weighted by Crippen LogP contribution is -2.51. The molecule has 0 radical (unpaired) electrons. The van der Waals surface area contributed by atoms with Gasteiger partial charge in [-0.05, 0) is 52.6 Å². The quantitative estimate of drug-likeness (QED) is 0.453. The number of halogens is 1. The van der Waals surface area contributed by atoms with E-state index in [-0.39, 0.29) is 29.5 Å². The highest BCUT2D eigenvalue weighted by Gasteiger charge is 2.43. The van der Waals surface area contributed by atoms with Crippen molar-refractivity contribution < 1.29 is 0 Å². The second-order valence-electron chi connectivity index (χ2n) is 7.13. The monoisotopic (exact) mass is 394 g/mol. The molecule has 20 heavy (non-hydrogen) atoms. The summed E-state index contributed by atoms with van der Waals surface area (Å²) in [4.78, 5) is 9.17. The van der Waals surface area contributed by atoms with Crippen LogP contribution in [0, 0.1) is 5.41 Å². The molecule has 0 amide bonds. The van der Waals surface area contributed by atoms with Gasteiger partial charge in [0.1, 0.15) is 0 Å². The van der Waals surface area contributed by atoms with Crippen LogP contribution >= 0.6 is 24.0 Å². The van der Waals surface area contributed by atoms with Gasteiger partial charge in [0.15, 0.2) is 5.96 Å².